The van der Waals surface area contributed by atoms with E-state index in [2.05, 4.69) is 59.4 Å². The summed E-state index contributed by atoms with van der Waals surface area (Å²) < 4.78 is 1.18. The van der Waals surface area contributed by atoms with E-state index in [4.69, 9.17) is 0 Å². The Morgan fingerprint density at radius 1 is 1.18 bits per heavy atom. The highest BCUT2D eigenvalue weighted by Crippen LogP contribution is 2.14. The summed E-state index contributed by atoms with van der Waals surface area (Å²) in [6.07, 6.45) is 6.18. The summed E-state index contributed by atoms with van der Waals surface area (Å²) >= 11 is 3.53. The van der Waals surface area contributed by atoms with Crippen molar-refractivity contribution in [2.45, 2.75) is 52.0 Å². The molecule has 1 N–H and O–H groups in total. The molecular formula is C15H24BrN. The van der Waals surface area contributed by atoms with Crippen molar-refractivity contribution in [2.24, 2.45) is 0 Å². The number of benzene rings is 1. The predicted molar refractivity (Wildman–Crippen MR) is 79.5 cm³/mol. The Kier molecular flexibility index (Phi) is 7.54. The summed E-state index contributed by atoms with van der Waals surface area (Å²) in [6.45, 7) is 5.63. The normalized spacial score (nSPS) is 12.6. The van der Waals surface area contributed by atoms with Crippen molar-refractivity contribution in [3.8, 4) is 0 Å². The summed E-state index contributed by atoms with van der Waals surface area (Å²) in [4.78, 5) is 0. The van der Waals surface area contributed by atoms with Crippen LogP contribution in [0.5, 0.6) is 0 Å². The fraction of sp³-hybridized carbons (Fsp3) is 0.600. The van der Waals surface area contributed by atoms with Gasteiger partial charge in [0.15, 0.2) is 0 Å². The Bertz CT molecular complexity index is 312. The van der Waals surface area contributed by atoms with Crippen LogP contribution in [0.25, 0.3) is 0 Å². The maximum Gasteiger partial charge on any atom is 0.0177 e. The van der Waals surface area contributed by atoms with Crippen LogP contribution in [0.2, 0.25) is 0 Å². The Hall–Kier alpha value is -0.340. The second kappa shape index (κ2) is 8.71. The molecule has 1 nitrogen and oxygen atoms in total. The number of nitrogens with one attached hydrogen (secondary N) is 1. The first-order chi connectivity index (χ1) is 8.26. The zero-order chi connectivity index (χ0) is 12.5. The minimum Gasteiger partial charge on any atom is -0.314 e. The van der Waals surface area contributed by atoms with Crippen molar-refractivity contribution in [2.75, 3.05) is 6.54 Å². The average molecular weight is 298 g/mol. The topological polar surface area (TPSA) is 12.0 Å². The Morgan fingerprint density at radius 3 is 2.65 bits per heavy atom. The largest absolute Gasteiger partial charge is 0.314 e. The molecule has 0 aromatic heterocycles. The molecule has 17 heavy (non-hydrogen) atoms. The second-order valence-electron chi connectivity index (χ2n) is 4.61. The minimum absolute atomic E-state index is 0.680. The Morgan fingerprint density at radius 2 is 2.00 bits per heavy atom. The summed E-state index contributed by atoms with van der Waals surface area (Å²) in [7, 11) is 0. The van der Waals surface area contributed by atoms with E-state index in [9.17, 15) is 0 Å². The van der Waals surface area contributed by atoms with E-state index in [1.54, 1.807) is 0 Å². The van der Waals surface area contributed by atoms with E-state index in [1.807, 2.05) is 0 Å². The Labute approximate surface area is 114 Å². The van der Waals surface area contributed by atoms with Gasteiger partial charge in [-0.25, -0.2) is 0 Å². The van der Waals surface area contributed by atoms with Crippen LogP contribution in [0.1, 0.15) is 45.1 Å². The SMILES string of the molecule is CCCNC(CCC)CCc1cccc(Br)c1. The van der Waals surface area contributed by atoms with Gasteiger partial charge in [-0.15, -0.1) is 0 Å². The highest BCUT2D eigenvalue weighted by atomic mass is 79.9. The molecule has 0 aliphatic rings. The molecule has 0 bridgehead atoms. The van der Waals surface area contributed by atoms with Crippen LogP contribution in [-0.4, -0.2) is 12.6 Å². The van der Waals surface area contributed by atoms with E-state index in [0.717, 1.165) is 6.54 Å². The van der Waals surface area contributed by atoms with Crippen molar-refractivity contribution < 1.29 is 0 Å². The number of hydrogen-bond donors (Lipinski definition) is 1. The molecule has 0 aliphatic heterocycles. The quantitative estimate of drug-likeness (QED) is 0.742. The number of rotatable bonds is 8. The Balaban J connectivity index is 2.39. The van der Waals surface area contributed by atoms with Crippen LogP contribution in [0.15, 0.2) is 28.7 Å². The lowest BCUT2D eigenvalue weighted by Crippen LogP contribution is -2.30. The minimum atomic E-state index is 0.680. The number of halogens is 1. The van der Waals surface area contributed by atoms with Gasteiger partial charge in [0.05, 0.1) is 0 Å². The molecule has 1 unspecified atom stereocenters. The van der Waals surface area contributed by atoms with Gasteiger partial charge >= 0.3 is 0 Å². The number of hydrogen-bond acceptors (Lipinski definition) is 1. The van der Waals surface area contributed by atoms with E-state index in [1.165, 1.54) is 42.1 Å². The molecular weight excluding hydrogens is 274 g/mol. The molecule has 1 aromatic rings. The summed E-state index contributed by atoms with van der Waals surface area (Å²) in [5, 5.41) is 3.64. The molecule has 1 rings (SSSR count). The van der Waals surface area contributed by atoms with E-state index >= 15 is 0 Å². The van der Waals surface area contributed by atoms with Crippen LogP contribution in [-0.2, 0) is 6.42 Å². The third-order valence-corrected chi connectivity index (χ3v) is 3.48. The molecule has 2 heteroatoms. The van der Waals surface area contributed by atoms with Crippen molar-refractivity contribution in [3.05, 3.63) is 34.3 Å². The van der Waals surface area contributed by atoms with Gasteiger partial charge < -0.3 is 5.32 Å². The molecule has 1 atom stereocenters. The van der Waals surface area contributed by atoms with Crippen LogP contribution in [0.4, 0.5) is 0 Å². The average Bonchev–Trinajstić information content (AvgIpc) is 2.33. The van der Waals surface area contributed by atoms with E-state index in [-0.39, 0.29) is 0 Å². The fourth-order valence-electron chi connectivity index (χ4n) is 2.08. The summed E-state index contributed by atoms with van der Waals surface area (Å²) in [5.41, 5.74) is 1.43. The molecule has 1 aromatic carbocycles. The van der Waals surface area contributed by atoms with Gasteiger partial charge in [-0.2, -0.15) is 0 Å². The van der Waals surface area contributed by atoms with Crippen molar-refractivity contribution in [1.82, 2.24) is 5.32 Å². The van der Waals surface area contributed by atoms with Crippen molar-refractivity contribution in [3.63, 3.8) is 0 Å². The first-order valence-corrected chi connectivity index (χ1v) is 7.53. The predicted octanol–water partition coefficient (Wildman–Crippen LogP) is 4.55. The van der Waals surface area contributed by atoms with Crippen molar-refractivity contribution >= 4 is 15.9 Å². The van der Waals surface area contributed by atoms with Gasteiger partial charge in [0, 0.05) is 10.5 Å². The third kappa shape index (κ3) is 6.23. The lowest BCUT2D eigenvalue weighted by Gasteiger charge is -2.17. The van der Waals surface area contributed by atoms with Gasteiger partial charge in [0.25, 0.3) is 0 Å². The number of aryl methyl sites for hydroxylation is 1. The third-order valence-electron chi connectivity index (χ3n) is 2.99. The zero-order valence-corrected chi connectivity index (χ0v) is 12.6. The van der Waals surface area contributed by atoms with Crippen LogP contribution in [0.3, 0.4) is 0 Å². The van der Waals surface area contributed by atoms with E-state index < -0.39 is 0 Å². The van der Waals surface area contributed by atoms with Crippen molar-refractivity contribution in [1.29, 1.82) is 0 Å². The summed E-state index contributed by atoms with van der Waals surface area (Å²) in [5.74, 6) is 0. The molecule has 0 spiro atoms. The molecule has 0 radical (unpaired) electrons. The smallest absolute Gasteiger partial charge is 0.0177 e. The van der Waals surface area contributed by atoms with Crippen LogP contribution in [0, 0.1) is 0 Å². The standard InChI is InChI=1S/C15H24BrN/c1-3-6-15(17-11-4-2)10-9-13-7-5-8-14(16)12-13/h5,7-8,12,15,17H,3-4,6,9-11H2,1-2H3. The molecule has 0 aliphatic carbocycles. The van der Waals surface area contributed by atoms with Crippen LogP contribution < -0.4 is 5.32 Å². The summed E-state index contributed by atoms with van der Waals surface area (Å²) in [6, 6.07) is 9.32. The first kappa shape index (κ1) is 14.7. The lowest BCUT2D eigenvalue weighted by molar-refractivity contribution is 0.449. The molecule has 0 amide bonds. The van der Waals surface area contributed by atoms with Gasteiger partial charge in [-0.3, -0.25) is 0 Å². The highest BCUT2D eigenvalue weighted by Gasteiger charge is 2.06. The van der Waals surface area contributed by atoms with Gasteiger partial charge in [-0.05, 0) is 49.9 Å². The maximum atomic E-state index is 3.64. The molecule has 0 heterocycles. The van der Waals surface area contributed by atoms with Gasteiger partial charge in [0.1, 0.15) is 0 Å². The monoisotopic (exact) mass is 297 g/mol. The molecule has 96 valence electrons. The van der Waals surface area contributed by atoms with Crippen LogP contribution >= 0.6 is 15.9 Å². The molecule has 0 saturated heterocycles. The fourth-order valence-corrected chi connectivity index (χ4v) is 2.53. The second-order valence-corrected chi connectivity index (χ2v) is 5.52. The molecule has 0 fully saturated rings. The maximum absolute atomic E-state index is 3.64. The lowest BCUT2D eigenvalue weighted by atomic mass is 10.0. The first-order valence-electron chi connectivity index (χ1n) is 6.74. The molecule has 0 saturated carbocycles. The van der Waals surface area contributed by atoms with Gasteiger partial charge in [0.2, 0.25) is 0 Å². The van der Waals surface area contributed by atoms with Gasteiger partial charge in [-0.1, -0.05) is 48.3 Å². The zero-order valence-electron chi connectivity index (χ0n) is 11.0. The van der Waals surface area contributed by atoms with E-state index in [0.29, 0.717) is 6.04 Å². The highest BCUT2D eigenvalue weighted by molar-refractivity contribution is 9.10.